The number of aryl methyl sites for hydroxylation is 6. The summed E-state index contributed by atoms with van der Waals surface area (Å²) >= 11 is 1.98. The molecule has 2 nitrogen and oxygen atoms in total. The van der Waals surface area contributed by atoms with Crippen molar-refractivity contribution in [2.75, 3.05) is 9.80 Å². The summed E-state index contributed by atoms with van der Waals surface area (Å²) in [6.45, 7) is 18.5. The summed E-state index contributed by atoms with van der Waals surface area (Å²) in [4.78, 5) is 6.61. The third-order valence-electron chi connectivity index (χ3n) is 11.7. The molecule has 0 unspecified atom stereocenters. The van der Waals surface area contributed by atoms with Crippen LogP contribution in [0.15, 0.2) is 73.3 Å². The van der Waals surface area contributed by atoms with Crippen molar-refractivity contribution in [2.24, 2.45) is 0 Å². The average molecular weight is 659 g/mol. The molecule has 0 bridgehead atoms. The maximum Gasteiger partial charge on any atom is 0.264 e. The fourth-order valence-corrected chi connectivity index (χ4v) is 10.6. The highest BCUT2D eigenvalue weighted by Gasteiger charge is 2.46. The zero-order valence-electron chi connectivity index (χ0n) is 30.1. The summed E-state index contributed by atoms with van der Waals surface area (Å²) in [5, 5.41) is 0. The van der Waals surface area contributed by atoms with Crippen molar-refractivity contribution >= 4 is 73.4 Å². The first-order valence-corrected chi connectivity index (χ1v) is 19.3. The summed E-state index contributed by atoms with van der Waals surface area (Å²) in [6, 6.07) is 27.0. The third kappa shape index (κ3) is 4.81. The van der Waals surface area contributed by atoms with Crippen LogP contribution >= 0.6 is 11.3 Å². The Bertz CT molecular complexity index is 2200. The van der Waals surface area contributed by atoms with E-state index in [0.29, 0.717) is 0 Å². The first-order chi connectivity index (χ1) is 23.6. The van der Waals surface area contributed by atoms with E-state index in [-0.39, 0.29) is 12.1 Å². The minimum absolute atomic E-state index is 0.0439. The topological polar surface area (TPSA) is 6.48 Å². The van der Waals surface area contributed by atoms with Crippen LogP contribution in [-0.4, -0.2) is 6.71 Å². The Morgan fingerprint density at radius 2 is 1.27 bits per heavy atom. The van der Waals surface area contributed by atoms with E-state index in [0.717, 1.165) is 5.57 Å². The van der Waals surface area contributed by atoms with Gasteiger partial charge in [-0.3, -0.25) is 0 Å². The number of hydrogen-bond acceptors (Lipinski definition) is 3. The molecule has 0 fully saturated rings. The molecule has 2 aliphatic heterocycles. The van der Waals surface area contributed by atoms with E-state index in [2.05, 4.69) is 125 Å². The largest absolute Gasteiger partial charge is 0.311 e. The molecule has 0 saturated heterocycles. The number of allylic oxidation sites excluding steroid dienone is 1. The Morgan fingerprint density at radius 3 is 1.86 bits per heavy atom. The van der Waals surface area contributed by atoms with Crippen molar-refractivity contribution in [2.45, 2.75) is 98.3 Å². The van der Waals surface area contributed by atoms with Gasteiger partial charge in [-0.25, -0.2) is 0 Å². The molecule has 3 heterocycles. The summed E-state index contributed by atoms with van der Waals surface area (Å²) in [7, 11) is 0. The van der Waals surface area contributed by atoms with E-state index in [1.165, 1.54) is 145 Å². The Balaban J connectivity index is 1.36. The van der Waals surface area contributed by atoms with Gasteiger partial charge >= 0.3 is 0 Å². The van der Waals surface area contributed by atoms with Gasteiger partial charge in [0.2, 0.25) is 0 Å². The van der Waals surface area contributed by atoms with E-state index >= 15 is 0 Å². The number of anilines is 6. The second-order valence-corrected chi connectivity index (χ2v) is 17.4. The molecule has 0 radical (unpaired) electrons. The van der Waals surface area contributed by atoms with Crippen LogP contribution in [0.3, 0.4) is 0 Å². The molecule has 4 aliphatic rings. The number of rotatable bonds is 3. The monoisotopic (exact) mass is 658 g/mol. The highest BCUT2D eigenvalue weighted by molar-refractivity contribution is 7.29. The maximum atomic E-state index is 4.56. The van der Waals surface area contributed by atoms with Crippen molar-refractivity contribution in [3.05, 3.63) is 117 Å². The van der Waals surface area contributed by atoms with E-state index in [1.807, 2.05) is 11.3 Å². The Kier molecular flexibility index (Phi) is 7.12. The zero-order valence-corrected chi connectivity index (χ0v) is 30.9. The first kappa shape index (κ1) is 31.0. The van der Waals surface area contributed by atoms with Crippen LogP contribution in [0.4, 0.5) is 34.1 Å². The molecule has 0 spiro atoms. The van der Waals surface area contributed by atoms with E-state index in [9.17, 15) is 0 Å². The second-order valence-electron chi connectivity index (χ2n) is 16.2. The number of hydrogen-bond donors (Lipinski definition) is 0. The van der Waals surface area contributed by atoms with Crippen molar-refractivity contribution in [3.63, 3.8) is 0 Å². The molecule has 0 N–H and O–H groups in total. The van der Waals surface area contributed by atoms with Crippen LogP contribution in [0.2, 0.25) is 0 Å². The van der Waals surface area contributed by atoms with Gasteiger partial charge in [0.25, 0.3) is 6.71 Å². The quantitative estimate of drug-likeness (QED) is 0.174. The zero-order chi connectivity index (χ0) is 33.8. The Hall–Kier alpha value is -4.02. The van der Waals surface area contributed by atoms with Crippen molar-refractivity contribution in [1.29, 1.82) is 0 Å². The fraction of sp³-hybridized carbons (Fsp3) is 0.333. The molecule has 9 rings (SSSR count). The van der Waals surface area contributed by atoms with Gasteiger partial charge in [0.05, 0.1) is 5.69 Å². The molecule has 2 aliphatic carbocycles. The normalized spacial score (nSPS) is 16.1. The van der Waals surface area contributed by atoms with Gasteiger partial charge in [-0.15, -0.1) is 0 Å². The molecule has 5 aromatic rings. The lowest BCUT2D eigenvalue weighted by Gasteiger charge is -2.44. The number of fused-ring (bicyclic) bond motifs is 6. The van der Waals surface area contributed by atoms with Gasteiger partial charge < -0.3 is 9.80 Å². The van der Waals surface area contributed by atoms with E-state index < -0.39 is 0 Å². The Morgan fingerprint density at radius 1 is 0.694 bits per heavy atom. The lowest BCUT2D eigenvalue weighted by atomic mass is 9.36. The van der Waals surface area contributed by atoms with E-state index in [1.54, 1.807) is 0 Å². The van der Waals surface area contributed by atoms with Gasteiger partial charge in [-0.1, -0.05) is 51.6 Å². The van der Waals surface area contributed by atoms with Crippen LogP contribution in [-0.2, 0) is 31.1 Å². The predicted octanol–water partition coefficient (Wildman–Crippen LogP) is 10.5. The van der Waals surface area contributed by atoms with Crippen LogP contribution in [0, 0.1) is 13.8 Å². The first-order valence-electron chi connectivity index (χ1n) is 18.5. The SMILES string of the molecule is C=C(C)c1c(C)sc2c1N(c1ccc3c(c1)CCCC3)c1cc(C)cc3c1B2c1ccc(C(C)(C)C)cc1N3c1ccc2c(c1)CCCC2. The Labute approximate surface area is 297 Å². The molecule has 0 atom stereocenters. The minimum atomic E-state index is 0.0439. The smallest absolute Gasteiger partial charge is 0.264 e. The molecule has 49 heavy (non-hydrogen) atoms. The summed E-state index contributed by atoms with van der Waals surface area (Å²) < 4.78 is 1.45. The molecule has 1 aromatic heterocycles. The predicted molar refractivity (Wildman–Crippen MR) is 215 cm³/mol. The fourth-order valence-electron chi connectivity index (χ4n) is 9.29. The van der Waals surface area contributed by atoms with Crippen LogP contribution in [0.1, 0.15) is 97.2 Å². The number of thiophene rings is 1. The van der Waals surface area contributed by atoms with Crippen molar-refractivity contribution in [3.8, 4) is 0 Å². The van der Waals surface area contributed by atoms with Crippen LogP contribution < -0.4 is 25.5 Å². The molecule has 4 aromatic carbocycles. The summed E-state index contributed by atoms with van der Waals surface area (Å²) in [5.74, 6) is 0. The molecular formula is C45H47BN2S. The number of nitrogens with zero attached hydrogens (tertiary/aromatic N) is 2. The second kappa shape index (κ2) is 11.3. The van der Waals surface area contributed by atoms with Gasteiger partial charge in [0, 0.05) is 43.7 Å². The average Bonchev–Trinajstić information content (AvgIpc) is 3.43. The van der Waals surface area contributed by atoms with Gasteiger partial charge in [0.1, 0.15) is 0 Å². The maximum absolute atomic E-state index is 4.56. The lowest BCUT2D eigenvalue weighted by molar-refractivity contribution is 0.590. The van der Waals surface area contributed by atoms with Crippen molar-refractivity contribution < 1.29 is 0 Å². The molecular weight excluding hydrogens is 611 g/mol. The van der Waals surface area contributed by atoms with Crippen molar-refractivity contribution in [1.82, 2.24) is 0 Å². The van der Waals surface area contributed by atoms with Gasteiger partial charge in [0.15, 0.2) is 0 Å². The van der Waals surface area contributed by atoms with Gasteiger partial charge in [-0.05, 0) is 170 Å². The molecule has 0 saturated carbocycles. The molecule has 4 heteroatoms. The van der Waals surface area contributed by atoms with Crippen LogP contribution in [0.5, 0.6) is 0 Å². The summed E-state index contributed by atoms with van der Waals surface area (Å²) in [6.07, 6.45) is 9.90. The van der Waals surface area contributed by atoms with Gasteiger partial charge in [-0.2, -0.15) is 11.3 Å². The lowest BCUT2D eigenvalue weighted by Crippen LogP contribution is -2.60. The molecule has 246 valence electrons. The third-order valence-corrected chi connectivity index (χ3v) is 12.8. The molecule has 0 amide bonds. The highest BCUT2D eigenvalue weighted by Crippen LogP contribution is 2.49. The highest BCUT2D eigenvalue weighted by atomic mass is 32.1. The summed E-state index contributed by atoms with van der Waals surface area (Å²) in [5.41, 5.74) is 22.0. The standard InChI is InChI=1S/C45H47BN2S/c1-27(2)41-29(4)49-44-43(41)48(36-20-17-31-13-9-11-15-33(31)25-36)40-23-28(3)22-39-42(40)46(44)37-21-18-34(45(5,6)7)26-38(37)47(39)35-19-16-30-12-8-10-14-32(30)24-35/h16-26H,1,8-15H2,2-7H3. The van der Waals surface area contributed by atoms with E-state index in [4.69, 9.17) is 0 Å². The number of benzene rings is 4. The minimum Gasteiger partial charge on any atom is -0.311 e. The van der Waals surface area contributed by atoms with Crippen LogP contribution in [0.25, 0.3) is 5.57 Å².